The second kappa shape index (κ2) is 7.41. The van der Waals surface area contributed by atoms with Gasteiger partial charge >= 0.3 is 0 Å². The first-order valence-electron chi connectivity index (χ1n) is 7.45. The highest BCUT2D eigenvalue weighted by atomic mass is 16.2. The summed E-state index contributed by atoms with van der Waals surface area (Å²) in [6.07, 6.45) is 1.51. The van der Waals surface area contributed by atoms with Crippen LogP contribution in [0.25, 0.3) is 0 Å². The van der Waals surface area contributed by atoms with Crippen LogP contribution in [0.3, 0.4) is 0 Å². The topological polar surface area (TPSA) is 49.6 Å². The van der Waals surface area contributed by atoms with Gasteiger partial charge in [0.2, 0.25) is 5.91 Å². The van der Waals surface area contributed by atoms with Crippen molar-refractivity contribution >= 4 is 5.91 Å². The van der Waals surface area contributed by atoms with Crippen molar-refractivity contribution in [1.29, 1.82) is 0 Å². The van der Waals surface area contributed by atoms with Crippen molar-refractivity contribution in [2.75, 3.05) is 32.7 Å². The normalized spacial score (nSPS) is 17.0. The van der Waals surface area contributed by atoms with Crippen LogP contribution in [0.5, 0.6) is 0 Å². The van der Waals surface area contributed by atoms with Crippen molar-refractivity contribution in [1.82, 2.24) is 9.80 Å². The van der Waals surface area contributed by atoms with E-state index in [-0.39, 0.29) is 5.91 Å². The van der Waals surface area contributed by atoms with E-state index in [1.165, 1.54) is 11.1 Å². The number of carbonyl (C=O) groups is 1. The molecule has 0 spiro atoms. The molecule has 1 aromatic rings. The Kier molecular flexibility index (Phi) is 5.56. The summed E-state index contributed by atoms with van der Waals surface area (Å²) >= 11 is 0. The van der Waals surface area contributed by atoms with Crippen molar-refractivity contribution in [3.63, 3.8) is 0 Å². The van der Waals surface area contributed by atoms with E-state index >= 15 is 0 Å². The summed E-state index contributed by atoms with van der Waals surface area (Å²) in [4.78, 5) is 16.3. The number of benzene rings is 1. The third-order valence-electron chi connectivity index (χ3n) is 3.79. The molecule has 0 bridgehead atoms. The molecule has 2 rings (SSSR count). The summed E-state index contributed by atoms with van der Waals surface area (Å²) in [6.45, 7) is 7.24. The highest BCUT2D eigenvalue weighted by Crippen LogP contribution is 2.11. The lowest BCUT2D eigenvalue weighted by molar-refractivity contribution is -0.130. The molecule has 0 atom stereocenters. The molecule has 1 aliphatic rings. The zero-order valence-corrected chi connectivity index (χ0v) is 12.3. The molecule has 1 aliphatic heterocycles. The summed E-state index contributed by atoms with van der Waals surface area (Å²) in [5.74, 6) is 0.199. The second-order valence-corrected chi connectivity index (χ2v) is 5.54. The fourth-order valence-electron chi connectivity index (χ4n) is 2.73. The molecule has 110 valence electrons. The van der Waals surface area contributed by atoms with E-state index in [1.54, 1.807) is 0 Å². The number of hydrogen-bond acceptors (Lipinski definition) is 3. The van der Waals surface area contributed by atoms with Gasteiger partial charge < -0.3 is 10.6 Å². The minimum absolute atomic E-state index is 0.199. The number of nitrogens with zero attached hydrogens (tertiary/aromatic N) is 2. The van der Waals surface area contributed by atoms with E-state index in [4.69, 9.17) is 5.73 Å². The third kappa shape index (κ3) is 4.32. The maximum Gasteiger partial charge on any atom is 0.223 e. The molecule has 1 aromatic carbocycles. The van der Waals surface area contributed by atoms with Crippen LogP contribution in [0.4, 0.5) is 0 Å². The third-order valence-corrected chi connectivity index (χ3v) is 3.79. The van der Waals surface area contributed by atoms with Gasteiger partial charge in [-0.3, -0.25) is 9.69 Å². The van der Waals surface area contributed by atoms with Gasteiger partial charge in [-0.25, -0.2) is 0 Å². The monoisotopic (exact) mass is 275 g/mol. The molecule has 0 aliphatic carbocycles. The van der Waals surface area contributed by atoms with Gasteiger partial charge in [0.15, 0.2) is 0 Å². The Balaban J connectivity index is 1.88. The molecule has 0 saturated carbocycles. The van der Waals surface area contributed by atoms with Crippen LogP contribution < -0.4 is 5.73 Å². The van der Waals surface area contributed by atoms with E-state index in [0.717, 1.165) is 39.1 Å². The Morgan fingerprint density at radius 3 is 2.85 bits per heavy atom. The lowest BCUT2D eigenvalue weighted by Crippen LogP contribution is -2.35. The minimum Gasteiger partial charge on any atom is -0.341 e. The van der Waals surface area contributed by atoms with Gasteiger partial charge in [-0.05, 0) is 18.9 Å². The van der Waals surface area contributed by atoms with Crippen molar-refractivity contribution in [2.24, 2.45) is 5.73 Å². The average Bonchev–Trinajstić information content (AvgIpc) is 2.65. The van der Waals surface area contributed by atoms with Crippen LogP contribution in [0.1, 0.15) is 24.0 Å². The maximum absolute atomic E-state index is 11.9. The molecule has 20 heavy (non-hydrogen) atoms. The van der Waals surface area contributed by atoms with E-state index in [0.29, 0.717) is 13.0 Å². The lowest BCUT2D eigenvalue weighted by Gasteiger charge is -2.22. The van der Waals surface area contributed by atoms with Crippen molar-refractivity contribution < 1.29 is 4.79 Å². The molecule has 0 unspecified atom stereocenters. The van der Waals surface area contributed by atoms with E-state index in [2.05, 4.69) is 36.1 Å². The molecule has 1 amide bonds. The quantitative estimate of drug-likeness (QED) is 0.903. The first-order chi connectivity index (χ1) is 9.69. The smallest absolute Gasteiger partial charge is 0.223 e. The number of aryl methyl sites for hydroxylation is 1. The van der Waals surface area contributed by atoms with Crippen molar-refractivity contribution in [2.45, 2.75) is 26.3 Å². The Morgan fingerprint density at radius 1 is 1.25 bits per heavy atom. The van der Waals surface area contributed by atoms with Crippen LogP contribution in [-0.4, -0.2) is 48.4 Å². The average molecular weight is 275 g/mol. The molecule has 4 nitrogen and oxygen atoms in total. The van der Waals surface area contributed by atoms with Gasteiger partial charge in [0.25, 0.3) is 0 Å². The highest BCUT2D eigenvalue weighted by Gasteiger charge is 2.18. The fourth-order valence-corrected chi connectivity index (χ4v) is 2.73. The van der Waals surface area contributed by atoms with Crippen LogP contribution in [0.15, 0.2) is 24.3 Å². The van der Waals surface area contributed by atoms with Crippen LogP contribution in [-0.2, 0) is 11.3 Å². The fraction of sp³-hybridized carbons (Fsp3) is 0.562. The molecule has 1 saturated heterocycles. The predicted molar refractivity (Wildman–Crippen MR) is 81.3 cm³/mol. The lowest BCUT2D eigenvalue weighted by atomic mass is 10.1. The molecule has 2 N–H and O–H groups in total. The molecule has 0 aromatic heterocycles. The molecule has 0 radical (unpaired) electrons. The SMILES string of the molecule is Cc1cccc(CN2CCCN(C(=O)CCN)CC2)c1. The zero-order chi connectivity index (χ0) is 14.4. The maximum atomic E-state index is 11.9. The predicted octanol–water partition coefficient (Wildman–Crippen LogP) is 1.38. The first-order valence-corrected chi connectivity index (χ1v) is 7.45. The summed E-state index contributed by atoms with van der Waals surface area (Å²) in [7, 11) is 0. The van der Waals surface area contributed by atoms with Crippen LogP contribution in [0.2, 0.25) is 0 Å². The molecule has 1 heterocycles. The van der Waals surface area contributed by atoms with Gasteiger partial charge in [-0.1, -0.05) is 29.8 Å². The second-order valence-electron chi connectivity index (χ2n) is 5.54. The Morgan fingerprint density at radius 2 is 2.10 bits per heavy atom. The zero-order valence-electron chi connectivity index (χ0n) is 12.3. The van der Waals surface area contributed by atoms with E-state index in [9.17, 15) is 4.79 Å². The Bertz CT molecular complexity index is 447. The largest absolute Gasteiger partial charge is 0.341 e. The van der Waals surface area contributed by atoms with E-state index < -0.39 is 0 Å². The first kappa shape index (κ1) is 15.0. The molecular formula is C16H25N3O. The Labute approximate surface area is 121 Å². The van der Waals surface area contributed by atoms with E-state index in [1.807, 2.05) is 4.90 Å². The molecule has 4 heteroatoms. The molecule has 1 fully saturated rings. The number of rotatable bonds is 4. The summed E-state index contributed by atoms with van der Waals surface area (Å²) in [5.41, 5.74) is 8.12. The molecular weight excluding hydrogens is 250 g/mol. The van der Waals surface area contributed by atoms with Crippen molar-refractivity contribution in [3.05, 3.63) is 35.4 Å². The van der Waals surface area contributed by atoms with Gasteiger partial charge in [-0.15, -0.1) is 0 Å². The van der Waals surface area contributed by atoms with Gasteiger partial charge in [0, 0.05) is 45.7 Å². The summed E-state index contributed by atoms with van der Waals surface area (Å²) in [5, 5.41) is 0. The number of nitrogens with two attached hydrogens (primary N) is 1. The van der Waals surface area contributed by atoms with Crippen LogP contribution in [0, 0.1) is 6.92 Å². The van der Waals surface area contributed by atoms with Crippen LogP contribution >= 0.6 is 0 Å². The standard InChI is InChI=1S/C16H25N3O/c1-14-4-2-5-15(12-14)13-18-8-3-9-19(11-10-18)16(20)6-7-17/h2,4-5,12H,3,6-11,13,17H2,1H3. The van der Waals surface area contributed by atoms with Crippen molar-refractivity contribution in [3.8, 4) is 0 Å². The van der Waals surface area contributed by atoms with Gasteiger partial charge in [0.05, 0.1) is 0 Å². The summed E-state index contributed by atoms with van der Waals surface area (Å²) < 4.78 is 0. The Hall–Kier alpha value is -1.39. The van der Waals surface area contributed by atoms with Gasteiger partial charge in [-0.2, -0.15) is 0 Å². The van der Waals surface area contributed by atoms with Gasteiger partial charge in [0.1, 0.15) is 0 Å². The summed E-state index contributed by atoms with van der Waals surface area (Å²) in [6, 6.07) is 8.65. The number of amides is 1. The number of carbonyl (C=O) groups excluding carboxylic acids is 1. The number of hydrogen-bond donors (Lipinski definition) is 1. The highest BCUT2D eigenvalue weighted by molar-refractivity contribution is 5.76. The minimum atomic E-state index is 0.199.